The van der Waals surface area contributed by atoms with Crippen LogP contribution in [-0.2, 0) is 9.59 Å². The number of ketones is 2. The van der Waals surface area contributed by atoms with Gasteiger partial charge in [0.05, 0.1) is 0 Å². The highest BCUT2D eigenvalue weighted by Crippen LogP contribution is 2.40. The van der Waals surface area contributed by atoms with Crippen LogP contribution in [0.2, 0.25) is 0 Å². The second kappa shape index (κ2) is 4.69. The Morgan fingerprint density at radius 2 is 1.65 bits per heavy atom. The summed E-state index contributed by atoms with van der Waals surface area (Å²) < 4.78 is 0. The van der Waals surface area contributed by atoms with E-state index >= 15 is 0 Å². The monoisotopic (exact) mass is 268 g/mol. The van der Waals surface area contributed by atoms with Crippen molar-refractivity contribution in [3.05, 3.63) is 46.0 Å². The van der Waals surface area contributed by atoms with Gasteiger partial charge in [0.2, 0.25) is 0 Å². The molecule has 1 fully saturated rings. The summed E-state index contributed by atoms with van der Waals surface area (Å²) in [5.74, 6) is 0.0685. The number of carbonyl (C=O) groups excluding carboxylic acids is 2. The van der Waals surface area contributed by atoms with Crippen molar-refractivity contribution in [2.45, 2.75) is 46.0 Å². The molecule has 2 nitrogen and oxygen atoms in total. The Morgan fingerprint density at radius 1 is 1.05 bits per heavy atom. The summed E-state index contributed by atoms with van der Waals surface area (Å²) in [7, 11) is 0. The molecule has 1 atom stereocenters. The van der Waals surface area contributed by atoms with Gasteiger partial charge in [-0.3, -0.25) is 9.59 Å². The summed E-state index contributed by atoms with van der Waals surface area (Å²) in [5, 5.41) is 0. The smallest absolute Gasteiger partial charge is 0.174 e. The first-order chi connectivity index (χ1) is 9.47. The number of hydrogen-bond acceptors (Lipinski definition) is 2. The van der Waals surface area contributed by atoms with Crippen LogP contribution in [0.1, 0.15) is 47.4 Å². The highest BCUT2D eigenvalue weighted by Gasteiger charge is 2.39. The standard InChI is InChI=1S/C18H20O2/c1-10-6-11(2)16(12(3)7-10)17-15(19)9-14(18(17)20)8-13-4-5-13/h6-7,9,13,17H,4-5,8H2,1-3H3. The molecule has 0 amide bonds. The minimum absolute atomic E-state index is 0.0271. The van der Waals surface area contributed by atoms with Crippen LogP contribution >= 0.6 is 0 Å². The molecule has 104 valence electrons. The van der Waals surface area contributed by atoms with Crippen molar-refractivity contribution in [3.8, 4) is 0 Å². The molecule has 3 rings (SSSR count). The molecule has 0 spiro atoms. The van der Waals surface area contributed by atoms with Gasteiger partial charge in [-0.15, -0.1) is 0 Å². The first kappa shape index (κ1) is 13.3. The molecule has 0 saturated heterocycles. The molecule has 1 saturated carbocycles. The molecule has 0 aromatic heterocycles. The molecule has 2 aliphatic rings. The summed E-state index contributed by atoms with van der Waals surface area (Å²) >= 11 is 0. The normalized spacial score (nSPS) is 22.4. The highest BCUT2D eigenvalue weighted by atomic mass is 16.2. The fraction of sp³-hybridized carbons (Fsp3) is 0.444. The summed E-state index contributed by atoms with van der Waals surface area (Å²) in [4.78, 5) is 24.9. The quantitative estimate of drug-likeness (QED) is 0.785. The lowest BCUT2D eigenvalue weighted by molar-refractivity contribution is -0.122. The fourth-order valence-corrected chi connectivity index (χ4v) is 3.35. The van der Waals surface area contributed by atoms with Crippen LogP contribution in [0.3, 0.4) is 0 Å². The van der Waals surface area contributed by atoms with E-state index in [1.807, 2.05) is 20.8 Å². The molecular weight excluding hydrogens is 248 g/mol. The van der Waals surface area contributed by atoms with Gasteiger partial charge in [-0.05, 0) is 68.7 Å². The third-order valence-electron chi connectivity index (χ3n) is 4.41. The largest absolute Gasteiger partial charge is 0.294 e. The summed E-state index contributed by atoms with van der Waals surface area (Å²) in [6, 6.07) is 4.11. The fourth-order valence-electron chi connectivity index (χ4n) is 3.35. The van der Waals surface area contributed by atoms with Gasteiger partial charge in [-0.2, -0.15) is 0 Å². The summed E-state index contributed by atoms with van der Waals surface area (Å²) in [5.41, 5.74) is 4.95. The van der Waals surface area contributed by atoms with E-state index in [2.05, 4.69) is 12.1 Å². The average Bonchev–Trinajstić information content (AvgIpc) is 3.11. The highest BCUT2D eigenvalue weighted by molar-refractivity contribution is 6.25. The number of benzene rings is 1. The SMILES string of the molecule is Cc1cc(C)c(C2C(=O)C=C(CC3CC3)C2=O)c(C)c1. The first-order valence-corrected chi connectivity index (χ1v) is 7.33. The van der Waals surface area contributed by atoms with E-state index in [0.29, 0.717) is 5.92 Å². The number of Topliss-reactive ketones (excluding diaryl/α,β-unsaturated/α-hetero) is 1. The maximum absolute atomic E-state index is 12.6. The van der Waals surface area contributed by atoms with Crippen molar-refractivity contribution in [3.63, 3.8) is 0 Å². The third kappa shape index (κ3) is 2.24. The predicted octanol–water partition coefficient (Wildman–Crippen LogP) is 3.57. The van der Waals surface area contributed by atoms with Gasteiger partial charge in [0.25, 0.3) is 0 Å². The lowest BCUT2D eigenvalue weighted by atomic mass is 9.85. The zero-order chi connectivity index (χ0) is 14.4. The van der Waals surface area contributed by atoms with Crippen LogP contribution in [0, 0.1) is 26.7 Å². The molecule has 1 unspecified atom stereocenters. The van der Waals surface area contributed by atoms with Gasteiger partial charge in [0.15, 0.2) is 11.6 Å². The zero-order valence-electron chi connectivity index (χ0n) is 12.3. The Kier molecular flexibility index (Phi) is 3.12. The molecule has 0 aliphatic heterocycles. The molecule has 1 aromatic carbocycles. The van der Waals surface area contributed by atoms with Gasteiger partial charge >= 0.3 is 0 Å². The minimum Gasteiger partial charge on any atom is -0.294 e. The van der Waals surface area contributed by atoms with Crippen molar-refractivity contribution >= 4 is 11.6 Å². The maximum Gasteiger partial charge on any atom is 0.174 e. The van der Waals surface area contributed by atoms with Gasteiger partial charge in [-0.1, -0.05) is 17.7 Å². The summed E-state index contributed by atoms with van der Waals surface area (Å²) in [6.45, 7) is 6.03. The Morgan fingerprint density at radius 3 is 2.20 bits per heavy atom. The van der Waals surface area contributed by atoms with Gasteiger partial charge in [0, 0.05) is 5.57 Å². The second-order valence-corrected chi connectivity index (χ2v) is 6.33. The van der Waals surface area contributed by atoms with Crippen molar-refractivity contribution in [2.75, 3.05) is 0 Å². The molecule has 0 N–H and O–H groups in total. The lowest BCUT2D eigenvalue weighted by Gasteiger charge is -2.16. The van der Waals surface area contributed by atoms with Crippen LogP contribution in [0.4, 0.5) is 0 Å². The van der Waals surface area contributed by atoms with Crippen LogP contribution in [-0.4, -0.2) is 11.6 Å². The van der Waals surface area contributed by atoms with Gasteiger partial charge in [0.1, 0.15) is 5.92 Å². The van der Waals surface area contributed by atoms with Crippen LogP contribution in [0.15, 0.2) is 23.8 Å². The van der Waals surface area contributed by atoms with Gasteiger partial charge in [-0.25, -0.2) is 0 Å². The second-order valence-electron chi connectivity index (χ2n) is 6.33. The van der Waals surface area contributed by atoms with E-state index in [1.54, 1.807) is 6.08 Å². The molecule has 1 aromatic rings. The molecule has 0 radical (unpaired) electrons. The topological polar surface area (TPSA) is 34.1 Å². The van der Waals surface area contributed by atoms with Crippen LogP contribution < -0.4 is 0 Å². The number of allylic oxidation sites excluding steroid dienone is 2. The van der Waals surface area contributed by atoms with Crippen molar-refractivity contribution in [2.24, 2.45) is 5.92 Å². The average molecular weight is 268 g/mol. The molecule has 0 heterocycles. The lowest BCUT2D eigenvalue weighted by Crippen LogP contribution is -2.17. The molecular formula is C18H20O2. The van der Waals surface area contributed by atoms with Crippen molar-refractivity contribution < 1.29 is 9.59 Å². The van der Waals surface area contributed by atoms with Crippen LogP contribution in [0.25, 0.3) is 0 Å². The Labute approximate surface area is 119 Å². The first-order valence-electron chi connectivity index (χ1n) is 7.33. The predicted molar refractivity (Wildman–Crippen MR) is 78.8 cm³/mol. The van der Waals surface area contributed by atoms with E-state index in [1.165, 1.54) is 18.4 Å². The minimum atomic E-state index is -0.579. The van der Waals surface area contributed by atoms with Crippen LogP contribution in [0.5, 0.6) is 0 Å². The zero-order valence-corrected chi connectivity index (χ0v) is 12.3. The Hall–Kier alpha value is -1.70. The molecule has 0 bridgehead atoms. The van der Waals surface area contributed by atoms with E-state index in [9.17, 15) is 9.59 Å². The number of aryl methyl sites for hydroxylation is 3. The van der Waals surface area contributed by atoms with E-state index in [0.717, 1.165) is 28.7 Å². The van der Waals surface area contributed by atoms with E-state index < -0.39 is 5.92 Å². The maximum atomic E-state index is 12.6. The van der Waals surface area contributed by atoms with E-state index in [-0.39, 0.29) is 11.6 Å². The van der Waals surface area contributed by atoms with Crippen molar-refractivity contribution in [1.29, 1.82) is 0 Å². The molecule has 2 heteroatoms. The van der Waals surface area contributed by atoms with Crippen molar-refractivity contribution in [1.82, 2.24) is 0 Å². The Bertz CT molecular complexity index is 610. The molecule has 2 aliphatic carbocycles. The van der Waals surface area contributed by atoms with Gasteiger partial charge < -0.3 is 0 Å². The molecule has 20 heavy (non-hydrogen) atoms. The van der Waals surface area contributed by atoms with E-state index in [4.69, 9.17) is 0 Å². The third-order valence-corrected chi connectivity index (χ3v) is 4.41. The number of carbonyl (C=O) groups is 2. The number of hydrogen-bond donors (Lipinski definition) is 0. The Balaban J connectivity index is 1.95. The number of rotatable bonds is 3. The summed E-state index contributed by atoms with van der Waals surface area (Å²) in [6.07, 6.45) is 4.80.